The SMILES string of the molecule is CC(C)CC(C)(O)CNC1C(C)CCCC1C. The van der Waals surface area contributed by atoms with Gasteiger partial charge in [0.15, 0.2) is 0 Å². The van der Waals surface area contributed by atoms with Crippen molar-refractivity contribution in [3.05, 3.63) is 0 Å². The van der Waals surface area contributed by atoms with E-state index in [0.717, 1.165) is 24.8 Å². The molecule has 1 rings (SSSR count). The highest BCUT2D eigenvalue weighted by atomic mass is 16.3. The molecule has 0 radical (unpaired) electrons. The normalized spacial score (nSPS) is 33.7. The van der Waals surface area contributed by atoms with E-state index >= 15 is 0 Å². The van der Waals surface area contributed by atoms with Crippen LogP contribution in [0.3, 0.4) is 0 Å². The largest absolute Gasteiger partial charge is 0.389 e. The van der Waals surface area contributed by atoms with Crippen molar-refractivity contribution in [2.45, 2.75) is 71.9 Å². The quantitative estimate of drug-likeness (QED) is 0.775. The minimum atomic E-state index is -0.564. The molecule has 2 heteroatoms. The van der Waals surface area contributed by atoms with Gasteiger partial charge in [0.1, 0.15) is 0 Å². The summed E-state index contributed by atoms with van der Waals surface area (Å²) in [6, 6.07) is 0.586. The van der Waals surface area contributed by atoms with Crippen LogP contribution in [0.5, 0.6) is 0 Å². The summed E-state index contributed by atoms with van der Waals surface area (Å²) in [7, 11) is 0. The van der Waals surface area contributed by atoms with Gasteiger partial charge in [-0.1, -0.05) is 34.1 Å². The van der Waals surface area contributed by atoms with Crippen LogP contribution in [0.2, 0.25) is 0 Å². The van der Waals surface area contributed by atoms with Gasteiger partial charge in [0, 0.05) is 12.6 Å². The van der Waals surface area contributed by atoms with Crippen molar-refractivity contribution in [1.82, 2.24) is 5.32 Å². The number of nitrogens with one attached hydrogen (secondary N) is 1. The lowest BCUT2D eigenvalue weighted by Gasteiger charge is -2.37. The second kappa shape index (κ2) is 6.19. The first-order valence-corrected chi connectivity index (χ1v) is 7.27. The van der Waals surface area contributed by atoms with Crippen LogP contribution < -0.4 is 5.32 Å². The average molecular weight is 241 g/mol. The smallest absolute Gasteiger partial charge is 0.0746 e. The van der Waals surface area contributed by atoms with Gasteiger partial charge in [0.05, 0.1) is 5.60 Å². The fraction of sp³-hybridized carbons (Fsp3) is 1.00. The van der Waals surface area contributed by atoms with Crippen molar-refractivity contribution in [2.75, 3.05) is 6.54 Å². The third-order valence-corrected chi connectivity index (χ3v) is 4.11. The molecule has 17 heavy (non-hydrogen) atoms. The lowest BCUT2D eigenvalue weighted by Crippen LogP contribution is -2.49. The summed E-state index contributed by atoms with van der Waals surface area (Å²) in [6.45, 7) is 11.7. The summed E-state index contributed by atoms with van der Waals surface area (Å²) < 4.78 is 0. The van der Waals surface area contributed by atoms with Crippen molar-refractivity contribution < 1.29 is 5.11 Å². The van der Waals surface area contributed by atoms with Gasteiger partial charge in [-0.15, -0.1) is 0 Å². The standard InChI is InChI=1S/C15H31NO/c1-11(2)9-15(5,17)10-16-14-12(3)7-6-8-13(14)4/h11-14,16-17H,6-10H2,1-5H3. The monoisotopic (exact) mass is 241 g/mol. The highest BCUT2D eigenvalue weighted by Gasteiger charge is 2.30. The molecule has 3 atom stereocenters. The maximum Gasteiger partial charge on any atom is 0.0746 e. The second-order valence-electron chi connectivity index (χ2n) is 6.89. The van der Waals surface area contributed by atoms with Gasteiger partial charge in [-0.2, -0.15) is 0 Å². The molecule has 1 aliphatic rings. The van der Waals surface area contributed by atoms with Crippen LogP contribution in [0, 0.1) is 17.8 Å². The van der Waals surface area contributed by atoms with Gasteiger partial charge in [-0.25, -0.2) is 0 Å². The van der Waals surface area contributed by atoms with E-state index in [2.05, 4.69) is 33.0 Å². The van der Waals surface area contributed by atoms with Crippen LogP contribution in [-0.4, -0.2) is 23.3 Å². The predicted octanol–water partition coefficient (Wildman–Crippen LogP) is 3.20. The Hall–Kier alpha value is -0.0800. The molecule has 3 unspecified atom stereocenters. The molecule has 102 valence electrons. The van der Waals surface area contributed by atoms with Gasteiger partial charge in [0.25, 0.3) is 0 Å². The van der Waals surface area contributed by atoms with E-state index in [1.807, 2.05) is 6.92 Å². The van der Waals surface area contributed by atoms with E-state index in [0.29, 0.717) is 12.0 Å². The van der Waals surface area contributed by atoms with Crippen molar-refractivity contribution in [2.24, 2.45) is 17.8 Å². The summed E-state index contributed by atoms with van der Waals surface area (Å²) in [5.41, 5.74) is -0.564. The van der Waals surface area contributed by atoms with Gasteiger partial charge in [-0.3, -0.25) is 0 Å². The van der Waals surface area contributed by atoms with E-state index in [-0.39, 0.29) is 0 Å². The molecule has 0 amide bonds. The minimum absolute atomic E-state index is 0.549. The van der Waals surface area contributed by atoms with E-state index in [1.165, 1.54) is 19.3 Å². The van der Waals surface area contributed by atoms with E-state index < -0.39 is 5.60 Å². The summed E-state index contributed by atoms with van der Waals surface area (Å²) in [5.74, 6) is 2.04. The Morgan fingerprint density at radius 1 is 1.24 bits per heavy atom. The highest BCUT2D eigenvalue weighted by molar-refractivity contribution is 4.86. The van der Waals surface area contributed by atoms with Gasteiger partial charge >= 0.3 is 0 Å². The summed E-state index contributed by atoms with van der Waals surface area (Å²) in [6.07, 6.45) is 4.89. The molecule has 2 nitrogen and oxygen atoms in total. The zero-order valence-corrected chi connectivity index (χ0v) is 12.3. The lowest BCUT2D eigenvalue weighted by molar-refractivity contribution is 0.0291. The van der Waals surface area contributed by atoms with E-state index in [1.54, 1.807) is 0 Å². The molecule has 0 aromatic carbocycles. The molecule has 2 N–H and O–H groups in total. The van der Waals surface area contributed by atoms with Crippen molar-refractivity contribution in [3.63, 3.8) is 0 Å². The first kappa shape index (κ1) is 15.0. The van der Waals surface area contributed by atoms with E-state index in [4.69, 9.17) is 0 Å². The van der Waals surface area contributed by atoms with Crippen LogP contribution in [0.1, 0.15) is 60.3 Å². The molecule has 1 saturated carbocycles. The Kier molecular flexibility index (Phi) is 5.46. The van der Waals surface area contributed by atoms with Crippen LogP contribution in [0.4, 0.5) is 0 Å². The third-order valence-electron chi connectivity index (χ3n) is 4.11. The Bertz CT molecular complexity index is 215. The Morgan fingerprint density at radius 3 is 2.24 bits per heavy atom. The summed E-state index contributed by atoms with van der Waals surface area (Å²) in [4.78, 5) is 0. The zero-order chi connectivity index (χ0) is 13.1. The Labute approximate surface area is 107 Å². The third kappa shape index (κ3) is 4.97. The van der Waals surface area contributed by atoms with Crippen molar-refractivity contribution >= 4 is 0 Å². The van der Waals surface area contributed by atoms with Gasteiger partial charge in [-0.05, 0) is 43.9 Å². The van der Waals surface area contributed by atoms with Gasteiger partial charge < -0.3 is 10.4 Å². The molecular formula is C15H31NO. The number of rotatable bonds is 5. The molecule has 0 saturated heterocycles. The number of hydrogen-bond acceptors (Lipinski definition) is 2. The lowest BCUT2D eigenvalue weighted by atomic mass is 9.78. The zero-order valence-electron chi connectivity index (χ0n) is 12.3. The fourth-order valence-corrected chi connectivity index (χ4v) is 3.37. The Balaban J connectivity index is 2.42. The average Bonchev–Trinajstić information content (AvgIpc) is 2.14. The van der Waals surface area contributed by atoms with Crippen LogP contribution in [0.15, 0.2) is 0 Å². The first-order valence-electron chi connectivity index (χ1n) is 7.27. The molecule has 0 aromatic heterocycles. The minimum Gasteiger partial charge on any atom is -0.389 e. The highest BCUT2D eigenvalue weighted by Crippen LogP contribution is 2.29. The predicted molar refractivity (Wildman–Crippen MR) is 74.0 cm³/mol. The van der Waals surface area contributed by atoms with Gasteiger partial charge in [0.2, 0.25) is 0 Å². The number of aliphatic hydroxyl groups is 1. The van der Waals surface area contributed by atoms with Crippen molar-refractivity contribution in [1.29, 1.82) is 0 Å². The fourth-order valence-electron chi connectivity index (χ4n) is 3.37. The molecule has 1 fully saturated rings. The summed E-state index contributed by atoms with van der Waals surface area (Å²) >= 11 is 0. The molecule has 0 aromatic rings. The Morgan fingerprint density at radius 2 is 1.76 bits per heavy atom. The van der Waals surface area contributed by atoms with Crippen LogP contribution in [0.25, 0.3) is 0 Å². The molecule has 0 heterocycles. The number of hydrogen-bond donors (Lipinski definition) is 2. The maximum atomic E-state index is 10.3. The first-order chi connectivity index (χ1) is 7.82. The molecule has 0 aliphatic heterocycles. The molecular weight excluding hydrogens is 210 g/mol. The van der Waals surface area contributed by atoms with Crippen molar-refractivity contribution in [3.8, 4) is 0 Å². The maximum absolute atomic E-state index is 10.3. The van der Waals surface area contributed by atoms with E-state index in [9.17, 15) is 5.11 Å². The van der Waals surface area contributed by atoms with Crippen LogP contribution >= 0.6 is 0 Å². The molecule has 0 bridgehead atoms. The molecule has 0 spiro atoms. The topological polar surface area (TPSA) is 32.3 Å². The molecule has 1 aliphatic carbocycles. The van der Waals surface area contributed by atoms with Crippen LogP contribution in [-0.2, 0) is 0 Å². The summed E-state index contributed by atoms with van der Waals surface area (Å²) in [5, 5.41) is 13.9. The second-order valence-corrected chi connectivity index (χ2v) is 6.89.